The summed E-state index contributed by atoms with van der Waals surface area (Å²) in [4.78, 5) is 78.4. The van der Waals surface area contributed by atoms with Gasteiger partial charge in [0.25, 0.3) is 0 Å². The number of pyridine rings is 1. The lowest BCUT2D eigenvalue weighted by molar-refractivity contribution is -0.146. The van der Waals surface area contributed by atoms with Gasteiger partial charge in [0.15, 0.2) is 5.13 Å². The number of aromatic nitrogens is 2. The minimum atomic E-state index is -1.55. The van der Waals surface area contributed by atoms with Crippen molar-refractivity contribution in [3.63, 3.8) is 0 Å². The Morgan fingerprint density at radius 2 is 1.85 bits per heavy atom. The van der Waals surface area contributed by atoms with E-state index in [1.165, 1.54) is 22.3 Å². The van der Waals surface area contributed by atoms with Gasteiger partial charge in [-0.2, -0.15) is 0 Å². The van der Waals surface area contributed by atoms with Gasteiger partial charge in [-0.15, -0.1) is 17.9 Å². The molecule has 2 aliphatic heterocycles. The zero-order chi connectivity index (χ0) is 43.9. The Labute approximate surface area is 354 Å². The standard InChI is InChI=1S/C43H57N7O9S/c1-11-24-18-43(24,37(54)55)49-35(52)29-16-25(20-50(29)36(53)34(41(6,7)8)48-39(56)59-42(9)14-15-44-22-42)58-31-17-27(45-33-23(2)30(57-10)13-12-26(31)33)28-21-60-38(46-28)47-32(51)19-40(3,4)5/h11-13,17,21,24-25,29,34,44H,1,14-16,18-20,22H2,2-10H3,(H,48,56)(H,49,52)(H,54,55)(H,46,47,51)/t24-,25-,29+,34-,42?,43-/m1/s1. The molecule has 3 aliphatic rings. The number of thiazole rings is 1. The van der Waals surface area contributed by atoms with Crippen molar-refractivity contribution < 1.29 is 43.3 Å². The average molecular weight is 848 g/mol. The van der Waals surface area contributed by atoms with Gasteiger partial charge in [-0.3, -0.25) is 14.4 Å². The molecule has 6 rings (SSSR count). The Balaban J connectivity index is 1.34. The fourth-order valence-corrected chi connectivity index (χ4v) is 8.58. The lowest BCUT2D eigenvalue weighted by Crippen LogP contribution is -2.59. The van der Waals surface area contributed by atoms with Crippen LogP contribution in [0.1, 0.15) is 79.7 Å². The highest BCUT2D eigenvalue weighted by Crippen LogP contribution is 2.45. The number of methoxy groups -OCH3 is 1. The topological polar surface area (TPSA) is 210 Å². The lowest BCUT2D eigenvalue weighted by atomic mass is 9.85. The molecule has 324 valence electrons. The summed E-state index contributed by atoms with van der Waals surface area (Å²) >= 11 is 1.26. The van der Waals surface area contributed by atoms with E-state index in [1.54, 1.807) is 45.4 Å². The number of hydrogen-bond acceptors (Lipinski definition) is 12. The Kier molecular flexibility index (Phi) is 12.3. The number of likely N-dealkylation sites (tertiary alicyclic amines) is 1. The molecule has 16 nitrogen and oxygen atoms in total. The Bertz CT molecular complexity index is 2190. The predicted molar refractivity (Wildman–Crippen MR) is 227 cm³/mol. The van der Waals surface area contributed by atoms with Crippen molar-refractivity contribution in [1.29, 1.82) is 0 Å². The second kappa shape index (κ2) is 16.6. The number of amides is 4. The summed E-state index contributed by atoms with van der Waals surface area (Å²) in [5, 5.41) is 24.6. The van der Waals surface area contributed by atoms with Crippen LogP contribution in [0.3, 0.4) is 0 Å². The number of nitrogens with one attached hydrogen (secondary N) is 4. The molecule has 2 aromatic heterocycles. The highest BCUT2D eigenvalue weighted by Gasteiger charge is 2.61. The van der Waals surface area contributed by atoms with Crippen LogP contribution in [0.25, 0.3) is 22.3 Å². The van der Waals surface area contributed by atoms with Crippen molar-refractivity contribution in [1.82, 2.24) is 30.8 Å². The number of rotatable bonds is 13. The first kappa shape index (κ1) is 44.3. The van der Waals surface area contributed by atoms with Crippen LogP contribution in [0.4, 0.5) is 9.93 Å². The molecule has 2 saturated heterocycles. The number of aliphatic carboxylic acids is 1. The van der Waals surface area contributed by atoms with Gasteiger partial charge in [-0.25, -0.2) is 19.6 Å². The van der Waals surface area contributed by atoms with E-state index in [1.807, 2.05) is 40.7 Å². The summed E-state index contributed by atoms with van der Waals surface area (Å²) in [5.74, 6) is -2.05. The van der Waals surface area contributed by atoms with E-state index in [0.717, 1.165) is 5.56 Å². The Morgan fingerprint density at radius 1 is 1.12 bits per heavy atom. The number of nitrogens with zero attached hydrogens (tertiary/aromatic N) is 3. The number of ether oxygens (including phenoxy) is 3. The Morgan fingerprint density at radius 3 is 2.45 bits per heavy atom. The second-order valence-electron chi connectivity index (χ2n) is 18.6. The number of carboxylic acid groups (broad SMARTS) is 1. The average Bonchev–Trinajstić information content (AvgIpc) is 3.48. The number of fused-ring (bicyclic) bond motifs is 1. The molecule has 1 aliphatic carbocycles. The number of benzene rings is 1. The van der Waals surface area contributed by atoms with E-state index in [0.29, 0.717) is 64.9 Å². The molecule has 6 atom stereocenters. The molecule has 0 bridgehead atoms. The SMILES string of the molecule is C=C[C@@H]1C[C@]1(NC(=O)[C@@H]1C[C@@H](Oc2cc(-c3csc(NC(=O)CC(C)(C)C)n3)nc3c(C)c(OC)ccc23)CN1C(=O)[C@@H](NC(=O)OC1(C)CCNC1)C(C)(C)C)C(=O)O. The van der Waals surface area contributed by atoms with E-state index < -0.39 is 64.5 Å². The monoisotopic (exact) mass is 847 g/mol. The number of carbonyl (C=O) groups excluding carboxylic acids is 4. The number of aryl methyl sites for hydroxylation is 1. The molecule has 1 unspecified atom stereocenters. The van der Waals surface area contributed by atoms with E-state index in [2.05, 4.69) is 32.8 Å². The molecule has 3 aromatic rings. The minimum absolute atomic E-state index is 0.00597. The van der Waals surface area contributed by atoms with Gasteiger partial charge in [0, 0.05) is 54.1 Å². The molecule has 4 amide bonds. The number of hydrogen-bond donors (Lipinski definition) is 5. The molecule has 0 radical (unpaired) electrons. The third kappa shape index (κ3) is 9.51. The van der Waals surface area contributed by atoms with Crippen LogP contribution in [0.15, 0.2) is 36.2 Å². The van der Waals surface area contributed by atoms with E-state index in [4.69, 9.17) is 19.2 Å². The second-order valence-corrected chi connectivity index (χ2v) is 19.5. The van der Waals surface area contributed by atoms with Gasteiger partial charge in [0.2, 0.25) is 17.7 Å². The zero-order valence-corrected chi connectivity index (χ0v) is 36.6. The first-order valence-corrected chi connectivity index (χ1v) is 21.0. The molecule has 17 heteroatoms. The maximum Gasteiger partial charge on any atom is 0.408 e. The molecule has 5 N–H and O–H groups in total. The van der Waals surface area contributed by atoms with Gasteiger partial charge >= 0.3 is 12.1 Å². The zero-order valence-electron chi connectivity index (χ0n) is 35.8. The fraction of sp³-hybridized carbons (Fsp3) is 0.558. The van der Waals surface area contributed by atoms with Crippen molar-refractivity contribution in [2.24, 2.45) is 16.7 Å². The lowest BCUT2D eigenvalue weighted by Gasteiger charge is -2.36. The van der Waals surface area contributed by atoms with Crippen LogP contribution in [0, 0.1) is 23.7 Å². The van der Waals surface area contributed by atoms with Gasteiger partial charge in [-0.05, 0) is 49.8 Å². The van der Waals surface area contributed by atoms with Gasteiger partial charge in [0.1, 0.15) is 46.5 Å². The highest BCUT2D eigenvalue weighted by atomic mass is 32.1. The van der Waals surface area contributed by atoms with Crippen LogP contribution in [-0.2, 0) is 23.9 Å². The summed E-state index contributed by atoms with van der Waals surface area (Å²) in [6.07, 6.45) is 1.06. The fourth-order valence-electron chi connectivity index (χ4n) is 7.86. The quantitative estimate of drug-likeness (QED) is 0.136. The molecule has 1 aromatic carbocycles. The van der Waals surface area contributed by atoms with Crippen molar-refractivity contribution in [2.45, 2.75) is 110 Å². The highest BCUT2D eigenvalue weighted by molar-refractivity contribution is 7.14. The van der Waals surface area contributed by atoms with Crippen LogP contribution < -0.4 is 30.7 Å². The summed E-state index contributed by atoms with van der Waals surface area (Å²) in [6, 6.07) is 3.07. The summed E-state index contributed by atoms with van der Waals surface area (Å²) in [5.41, 5.74) is -1.08. The van der Waals surface area contributed by atoms with E-state index in [9.17, 15) is 29.1 Å². The first-order valence-electron chi connectivity index (χ1n) is 20.2. The normalized spacial score (nSPS) is 24.4. The predicted octanol–water partition coefficient (Wildman–Crippen LogP) is 5.44. The number of carboxylic acids is 1. The minimum Gasteiger partial charge on any atom is -0.496 e. The molecule has 3 fully saturated rings. The molecule has 4 heterocycles. The van der Waals surface area contributed by atoms with E-state index >= 15 is 0 Å². The van der Waals surface area contributed by atoms with Crippen molar-refractivity contribution in [3.8, 4) is 22.9 Å². The van der Waals surface area contributed by atoms with Crippen molar-refractivity contribution >= 4 is 57.2 Å². The maximum atomic E-state index is 14.7. The van der Waals surface area contributed by atoms with Crippen LogP contribution in [-0.4, -0.2) is 106 Å². The van der Waals surface area contributed by atoms with Crippen LogP contribution >= 0.6 is 11.3 Å². The van der Waals surface area contributed by atoms with Crippen LogP contribution in [0.2, 0.25) is 0 Å². The number of anilines is 1. The first-order chi connectivity index (χ1) is 28.1. The number of carbonyl (C=O) groups is 5. The van der Waals surface area contributed by atoms with Gasteiger partial charge in [-0.1, -0.05) is 47.6 Å². The van der Waals surface area contributed by atoms with E-state index in [-0.39, 0.29) is 30.7 Å². The summed E-state index contributed by atoms with van der Waals surface area (Å²) in [6.45, 7) is 19.9. The number of alkyl carbamates (subject to hydrolysis) is 1. The molecular formula is C43H57N7O9S. The molecular weight excluding hydrogens is 791 g/mol. The van der Waals surface area contributed by atoms with Crippen molar-refractivity contribution in [3.05, 3.63) is 41.8 Å². The molecule has 0 spiro atoms. The van der Waals surface area contributed by atoms with Crippen molar-refractivity contribution in [2.75, 3.05) is 32.1 Å². The summed E-state index contributed by atoms with van der Waals surface area (Å²) in [7, 11) is 1.57. The molecule has 1 saturated carbocycles. The third-order valence-electron chi connectivity index (χ3n) is 11.3. The van der Waals surface area contributed by atoms with Gasteiger partial charge < -0.3 is 45.5 Å². The largest absolute Gasteiger partial charge is 0.496 e. The molecule has 60 heavy (non-hydrogen) atoms. The summed E-state index contributed by atoms with van der Waals surface area (Å²) < 4.78 is 18.2. The maximum absolute atomic E-state index is 14.7. The van der Waals surface area contributed by atoms with Gasteiger partial charge in [0.05, 0.1) is 24.9 Å². The van der Waals surface area contributed by atoms with Crippen LogP contribution in [0.5, 0.6) is 11.5 Å². The Hall–Kier alpha value is -5.29. The smallest absolute Gasteiger partial charge is 0.408 e. The third-order valence-corrected chi connectivity index (χ3v) is 12.0.